The lowest BCUT2D eigenvalue weighted by Gasteiger charge is -2.12. The van der Waals surface area contributed by atoms with E-state index >= 15 is 0 Å². The maximum Gasteiger partial charge on any atom is 0.299 e. The van der Waals surface area contributed by atoms with Gasteiger partial charge in [0, 0.05) is 4.21 Å². The molecular weight excluding hydrogens is 240 g/mol. The molecule has 76 valence electrons. The van der Waals surface area contributed by atoms with Crippen LogP contribution in [-0.4, -0.2) is 13.0 Å². The van der Waals surface area contributed by atoms with E-state index in [-0.39, 0.29) is 4.24 Å². The molecule has 1 aromatic heterocycles. The minimum atomic E-state index is -4.04. The molecule has 0 amide bonds. The van der Waals surface area contributed by atoms with Gasteiger partial charge in [0.2, 0.25) is 0 Å². The summed E-state index contributed by atoms with van der Waals surface area (Å²) in [6.07, 6.45) is 3.13. The van der Waals surface area contributed by atoms with E-state index in [0.29, 0.717) is 0 Å². The molecule has 0 spiro atoms. The number of rotatable bonds is 2. The van der Waals surface area contributed by atoms with E-state index in [2.05, 4.69) is 0 Å². The standard InChI is InChI=1S/C8H8O3S3/c9-14(10,11)8-4-2-6-13(8)7-3-1-5-12-7/h1-6,13H,(H,9,10,11). The largest absolute Gasteiger partial charge is 0.299 e. The van der Waals surface area contributed by atoms with Crippen LogP contribution in [0.3, 0.4) is 0 Å². The lowest BCUT2D eigenvalue weighted by molar-refractivity contribution is 0.493. The second-order valence-electron chi connectivity index (χ2n) is 2.64. The molecule has 14 heavy (non-hydrogen) atoms. The van der Waals surface area contributed by atoms with Crippen LogP contribution in [-0.2, 0) is 10.1 Å². The van der Waals surface area contributed by atoms with Gasteiger partial charge in [-0.3, -0.25) is 4.55 Å². The Morgan fingerprint density at radius 2 is 2.21 bits per heavy atom. The normalized spacial score (nSPS) is 23.8. The van der Waals surface area contributed by atoms with Gasteiger partial charge in [0.05, 0.1) is 0 Å². The van der Waals surface area contributed by atoms with Gasteiger partial charge in [-0.05, 0) is 22.9 Å². The monoisotopic (exact) mass is 248 g/mol. The molecule has 1 atom stereocenters. The SMILES string of the molecule is O=S(=O)(O)C1=CC=C[SH]1c1cccs1. The minimum Gasteiger partial charge on any atom is -0.281 e. The van der Waals surface area contributed by atoms with Crippen molar-refractivity contribution in [3.8, 4) is 0 Å². The number of thiophene rings is 1. The molecule has 0 bridgehead atoms. The Bertz CT molecular complexity index is 482. The van der Waals surface area contributed by atoms with Gasteiger partial charge < -0.3 is 0 Å². The Morgan fingerprint density at radius 1 is 1.43 bits per heavy atom. The Morgan fingerprint density at radius 3 is 2.79 bits per heavy atom. The molecule has 0 fully saturated rings. The first kappa shape index (κ1) is 9.97. The molecule has 1 aromatic rings. The predicted molar refractivity (Wildman–Crippen MR) is 60.3 cm³/mol. The number of hydrogen-bond donors (Lipinski definition) is 2. The van der Waals surface area contributed by atoms with Crippen LogP contribution in [0.2, 0.25) is 0 Å². The van der Waals surface area contributed by atoms with Crippen molar-refractivity contribution in [2.45, 2.75) is 4.21 Å². The van der Waals surface area contributed by atoms with Crippen LogP contribution < -0.4 is 0 Å². The molecule has 6 heteroatoms. The van der Waals surface area contributed by atoms with Crippen molar-refractivity contribution in [3.05, 3.63) is 39.3 Å². The highest BCUT2D eigenvalue weighted by atomic mass is 32.3. The highest BCUT2D eigenvalue weighted by Gasteiger charge is 2.24. The van der Waals surface area contributed by atoms with E-state index in [1.165, 1.54) is 17.4 Å². The summed E-state index contributed by atoms with van der Waals surface area (Å²) in [5.74, 6) is 0. The van der Waals surface area contributed by atoms with Crippen LogP contribution in [0.5, 0.6) is 0 Å². The van der Waals surface area contributed by atoms with E-state index in [9.17, 15) is 8.42 Å². The summed E-state index contributed by atoms with van der Waals surface area (Å²) in [7, 11) is -5.04. The fourth-order valence-corrected chi connectivity index (χ4v) is 5.89. The van der Waals surface area contributed by atoms with Crippen LogP contribution >= 0.6 is 22.2 Å². The minimum absolute atomic E-state index is 0.120. The topological polar surface area (TPSA) is 54.4 Å². The van der Waals surface area contributed by atoms with Crippen molar-refractivity contribution < 1.29 is 13.0 Å². The lowest BCUT2D eigenvalue weighted by atomic mass is 10.6. The Kier molecular flexibility index (Phi) is 2.52. The Labute approximate surface area is 88.9 Å². The summed E-state index contributed by atoms with van der Waals surface area (Å²) < 4.78 is 32.1. The molecule has 0 aliphatic carbocycles. The first-order valence-electron chi connectivity index (χ1n) is 3.78. The molecule has 1 N–H and O–H groups in total. The third kappa shape index (κ3) is 1.78. The third-order valence-corrected chi connectivity index (χ3v) is 6.96. The van der Waals surface area contributed by atoms with Gasteiger partial charge in [-0.25, -0.2) is 0 Å². The van der Waals surface area contributed by atoms with E-state index in [1.807, 2.05) is 22.9 Å². The van der Waals surface area contributed by atoms with Crippen LogP contribution in [0.4, 0.5) is 0 Å². The number of hydrogen-bond acceptors (Lipinski definition) is 3. The molecule has 0 radical (unpaired) electrons. The van der Waals surface area contributed by atoms with Gasteiger partial charge in [0.1, 0.15) is 4.24 Å². The maximum atomic E-state index is 11.0. The highest BCUT2D eigenvalue weighted by Crippen LogP contribution is 2.51. The summed E-state index contributed by atoms with van der Waals surface area (Å²) in [5.41, 5.74) is 0. The van der Waals surface area contributed by atoms with Crippen molar-refractivity contribution in [1.29, 1.82) is 0 Å². The van der Waals surface area contributed by atoms with Gasteiger partial charge >= 0.3 is 0 Å². The second-order valence-corrected chi connectivity index (χ2v) is 7.59. The molecular formula is C8H8O3S3. The summed E-state index contributed by atoms with van der Waals surface area (Å²) in [5, 5.41) is 3.72. The van der Waals surface area contributed by atoms with E-state index in [0.717, 1.165) is 4.21 Å². The van der Waals surface area contributed by atoms with E-state index < -0.39 is 21.0 Å². The predicted octanol–water partition coefficient (Wildman–Crippen LogP) is 2.36. The van der Waals surface area contributed by atoms with E-state index in [4.69, 9.17) is 4.55 Å². The highest BCUT2D eigenvalue weighted by molar-refractivity contribution is 8.32. The van der Waals surface area contributed by atoms with Crippen molar-refractivity contribution in [2.75, 3.05) is 0 Å². The molecule has 1 unspecified atom stereocenters. The zero-order chi connectivity index (χ0) is 10.2. The molecule has 1 aliphatic rings. The summed E-state index contributed by atoms with van der Waals surface area (Å²) in [6, 6.07) is 3.75. The number of allylic oxidation sites excluding steroid dienone is 2. The van der Waals surface area contributed by atoms with Gasteiger partial charge in [-0.15, -0.1) is 11.3 Å². The number of thiol groups is 1. The van der Waals surface area contributed by atoms with Crippen molar-refractivity contribution in [3.63, 3.8) is 0 Å². The third-order valence-electron chi connectivity index (χ3n) is 1.72. The first-order chi connectivity index (χ1) is 6.59. The quantitative estimate of drug-likeness (QED) is 0.624. The Balaban J connectivity index is 2.41. The van der Waals surface area contributed by atoms with Gasteiger partial charge in [0.15, 0.2) is 0 Å². The van der Waals surface area contributed by atoms with Crippen LogP contribution in [0.1, 0.15) is 0 Å². The average molecular weight is 248 g/mol. The van der Waals surface area contributed by atoms with Crippen molar-refractivity contribution in [1.82, 2.24) is 0 Å². The fourth-order valence-electron chi connectivity index (χ4n) is 1.16. The van der Waals surface area contributed by atoms with Crippen LogP contribution in [0.15, 0.2) is 43.5 Å². The molecule has 2 heterocycles. The summed E-state index contributed by atoms with van der Waals surface area (Å²) in [4.78, 5) is 0. The van der Waals surface area contributed by atoms with Crippen LogP contribution in [0, 0.1) is 0 Å². The van der Waals surface area contributed by atoms with Crippen molar-refractivity contribution in [2.24, 2.45) is 0 Å². The lowest BCUT2D eigenvalue weighted by Crippen LogP contribution is -1.99. The molecule has 2 rings (SSSR count). The molecule has 1 aliphatic heterocycles. The average Bonchev–Trinajstić information content (AvgIpc) is 2.73. The molecule has 0 saturated carbocycles. The zero-order valence-corrected chi connectivity index (χ0v) is 9.52. The van der Waals surface area contributed by atoms with Crippen molar-refractivity contribution >= 4 is 32.3 Å². The second kappa shape index (κ2) is 3.54. The Hall–Kier alpha value is -0.560. The summed E-state index contributed by atoms with van der Waals surface area (Å²) in [6.45, 7) is 0. The van der Waals surface area contributed by atoms with Gasteiger partial charge in [0.25, 0.3) is 10.1 Å². The molecule has 0 aromatic carbocycles. The smallest absolute Gasteiger partial charge is 0.281 e. The molecule has 3 nitrogen and oxygen atoms in total. The molecule has 0 saturated heterocycles. The first-order valence-corrected chi connectivity index (χ1v) is 7.51. The van der Waals surface area contributed by atoms with E-state index in [1.54, 1.807) is 6.08 Å². The van der Waals surface area contributed by atoms with Crippen LogP contribution in [0.25, 0.3) is 0 Å². The van der Waals surface area contributed by atoms with Gasteiger partial charge in [-0.1, -0.05) is 12.1 Å². The zero-order valence-electron chi connectivity index (χ0n) is 6.99. The maximum absolute atomic E-state index is 11.0. The fraction of sp³-hybridized carbons (Fsp3) is 0. The summed E-state index contributed by atoms with van der Waals surface area (Å²) >= 11 is 1.50. The van der Waals surface area contributed by atoms with Gasteiger partial charge in [-0.2, -0.15) is 19.3 Å².